The fourth-order valence-electron chi connectivity index (χ4n) is 4.37. The number of carbonyl (C=O) groups is 2. The van der Waals surface area contributed by atoms with Gasteiger partial charge in [-0.15, -0.1) is 0 Å². The molecule has 1 aliphatic rings. The van der Waals surface area contributed by atoms with Gasteiger partial charge in [0, 0.05) is 61.3 Å². The van der Waals surface area contributed by atoms with E-state index in [0.29, 0.717) is 38.0 Å². The third-order valence-electron chi connectivity index (χ3n) is 6.27. The Labute approximate surface area is 197 Å². The third kappa shape index (κ3) is 4.64. The lowest BCUT2D eigenvalue weighted by Crippen LogP contribution is -2.43. The van der Waals surface area contributed by atoms with E-state index in [-0.39, 0.29) is 17.7 Å². The second-order valence-electron chi connectivity index (χ2n) is 8.45. The zero-order valence-electron chi connectivity index (χ0n) is 18.7. The molecule has 4 heterocycles. The summed E-state index contributed by atoms with van der Waals surface area (Å²) in [5, 5.41) is 3.83. The minimum atomic E-state index is -0.0951. The summed E-state index contributed by atoms with van der Waals surface area (Å²) >= 11 is 0. The molecule has 1 N–H and O–H groups in total. The Balaban J connectivity index is 1.30. The molecule has 7 heteroatoms. The highest BCUT2D eigenvalue weighted by Crippen LogP contribution is 2.27. The summed E-state index contributed by atoms with van der Waals surface area (Å²) < 4.78 is 0. The van der Waals surface area contributed by atoms with Gasteiger partial charge < -0.3 is 10.2 Å². The maximum absolute atomic E-state index is 13.6. The van der Waals surface area contributed by atoms with Gasteiger partial charge in [0.2, 0.25) is 5.91 Å². The van der Waals surface area contributed by atoms with Crippen molar-refractivity contribution in [1.29, 1.82) is 0 Å². The van der Waals surface area contributed by atoms with Crippen molar-refractivity contribution in [3.63, 3.8) is 0 Å². The molecule has 1 aliphatic heterocycles. The number of piperidine rings is 1. The molecule has 170 valence electrons. The summed E-state index contributed by atoms with van der Waals surface area (Å²) in [6, 6.07) is 17.2. The molecule has 0 unspecified atom stereocenters. The number of rotatable bonds is 5. The van der Waals surface area contributed by atoms with Crippen molar-refractivity contribution in [2.24, 2.45) is 5.92 Å². The first-order valence-corrected chi connectivity index (χ1v) is 11.4. The van der Waals surface area contributed by atoms with Crippen LogP contribution in [0, 0.1) is 5.92 Å². The van der Waals surface area contributed by atoms with Crippen LogP contribution >= 0.6 is 0 Å². The Morgan fingerprint density at radius 1 is 0.941 bits per heavy atom. The molecule has 2 amide bonds. The van der Waals surface area contributed by atoms with Crippen molar-refractivity contribution in [1.82, 2.24) is 25.2 Å². The van der Waals surface area contributed by atoms with Gasteiger partial charge in [-0.2, -0.15) is 0 Å². The molecule has 0 atom stereocenters. The smallest absolute Gasteiger partial charge is 0.254 e. The van der Waals surface area contributed by atoms with Crippen molar-refractivity contribution in [2.75, 3.05) is 13.1 Å². The van der Waals surface area contributed by atoms with Gasteiger partial charge in [0.1, 0.15) is 0 Å². The molecule has 0 spiro atoms. The summed E-state index contributed by atoms with van der Waals surface area (Å²) in [5.74, 6) is -0.0873. The van der Waals surface area contributed by atoms with Crippen molar-refractivity contribution >= 4 is 22.7 Å². The number of likely N-dealkylation sites (tertiary alicyclic amines) is 1. The number of pyridine rings is 3. The average Bonchev–Trinajstić information content (AvgIpc) is 2.92. The van der Waals surface area contributed by atoms with E-state index in [9.17, 15) is 9.59 Å². The molecule has 5 rings (SSSR count). The molecule has 1 saturated heterocycles. The van der Waals surface area contributed by atoms with E-state index >= 15 is 0 Å². The fourth-order valence-corrected chi connectivity index (χ4v) is 4.37. The normalized spacial score (nSPS) is 14.2. The van der Waals surface area contributed by atoms with Crippen LogP contribution in [-0.4, -0.2) is 44.8 Å². The number of hydrogen-bond donors (Lipinski definition) is 1. The van der Waals surface area contributed by atoms with Gasteiger partial charge in [-0.3, -0.25) is 19.6 Å². The molecular formula is C27H25N5O2. The van der Waals surface area contributed by atoms with Crippen LogP contribution in [0.1, 0.15) is 28.8 Å². The molecule has 1 fully saturated rings. The Morgan fingerprint density at radius 2 is 1.74 bits per heavy atom. The number of nitrogens with zero attached hydrogens (tertiary/aromatic N) is 4. The summed E-state index contributed by atoms with van der Waals surface area (Å²) in [4.78, 5) is 41.0. The molecule has 34 heavy (non-hydrogen) atoms. The molecule has 1 aromatic carbocycles. The monoisotopic (exact) mass is 451 g/mol. The summed E-state index contributed by atoms with van der Waals surface area (Å²) in [6.45, 7) is 1.56. The summed E-state index contributed by atoms with van der Waals surface area (Å²) in [6.07, 6.45) is 8.19. The van der Waals surface area contributed by atoms with E-state index in [1.54, 1.807) is 24.8 Å². The average molecular weight is 452 g/mol. The van der Waals surface area contributed by atoms with E-state index < -0.39 is 0 Å². The minimum absolute atomic E-state index is 0.0249. The maximum Gasteiger partial charge on any atom is 0.254 e. The van der Waals surface area contributed by atoms with E-state index in [1.165, 1.54) is 0 Å². The number of amides is 2. The van der Waals surface area contributed by atoms with Crippen molar-refractivity contribution in [3.05, 3.63) is 90.5 Å². The lowest BCUT2D eigenvalue weighted by Gasteiger charge is -2.31. The number of fused-ring (bicyclic) bond motifs is 1. The van der Waals surface area contributed by atoms with Gasteiger partial charge in [0.05, 0.1) is 16.8 Å². The molecule has 0 bridgehead atoms. The van der Waals surface area contributed by atoms with E-state index in [2.05, 4.69) is 15.3 Å². The number of para-hydroxylation sites is 1. The Hall–Kier alpha value is -4.13. The second kappa shape index (κ2) is 9.79. The van der Waals surface area contributed by atoms with E-state index in [0.717, 1.165) is 27.7 Å². The first-order valence-electron chi connectivity index (χ1n) is 11.4. The molecule has 3 aromatic heterocycles. The van der Waals surface area contributed by atoms with Gasteiger partial charge in [-0.05, 0) is 48.7 Å². The first-order chi connectivity index (χ1) is 16.7. The van der Waals surface area contributed by atoms with Crippen molar-refractivity contribution in [3.8, 4) is 11.3 Å². The highest BCUT2D eigenvalue weighted by atomic mass is 16.2. The number of nitrogens with one attached hydrogen (secondary N) is 1. The Morgan fingerprint density at radius 3 is 2.50 bits per heavy atom. The lowest BCUT2D eigenvalue weighted by molar-refractivity contribution is -0.126. The molecule has 0 aliphatic carbocycles. The van der Waals surface area contributed by atoms with Crippen LogP contribution in [0.5, 0.6) is 0 Å². The van der Waals surface area contributed by atoms with Crippen LogP contribution in [0.4, 0.5) is 0 Å². The second-order valence-corrected chi connectivity index (χ2v) is 8.45. The zero-order valence-corrected chi connectivity index (χ0v) is 18.7. The van der Waals surface area contributed by atoms with Gasteiger partial charge in [-0.1, -0.05) is 24.3 Å². The third-order valence-corrected chi connectivity index (χ3v) is 6.27. The van der Waals surface area contributed by atoms with Crippen LogP contribution in [-0.2, 0) is 11.3 Å². The topological polar surface area (TPSA) is 88.1 Å². The largest absolute Gasteiger partial charge is 0.352 e. The van der Waals surface area contributed by atoms with Crippen molar-refractivity contribution in [2.45, 2.75) is 19.4 Å². The molecule has 0 radical (unpaired) electrons. The van der Waals surface area contributed by atoms with Crippen LogP contribution in [0.3, 0.4) is 0 Å². The number of benzene rings is 1. The molecule has 7 nitrogen and oxygen atoms in total. The zero-order chi connectivity index (χ0) is 23.3. The van der Waals surface area contributed by atoms with Crippen LogP contribution < -0.4 is 5.32 Å². The van der Waals surface area contributed by atoms with Gasteiger partial charge in [0.15, 0.2) is 0 Å². The quantitative estimate of drug-likeness (QED) is 0.498. The first kappa shape index (κ1) is 21.7. The standard InChI is InChI=1S/C27H25N5O2/c33-26(30-18-19-4-3-11-29-17-19)21-9-14-32(15-10-21)27(34)23-16-25(20-7-12-28-13-8-20)31-24-6-2-1-5-22(23)24/h1-8,11-13,16-17,21H,9-10,14-15,18H2,(H,30,33). The fraction of sp³-hybridized carbons (Fsp3) is 0.222. The molecule has 0 saturated carbocycles. The number of hydrogen-bond acceptors (Lipinski definition) is 5. The van der Waals surface area contributed by atoms with Crippen LogP contribution in [0.15, 0.2) is 79.4 Å². The SMILES string of the molecule is O=C(NCc1cccnc1)C1CCN(C(=O)c2cc(-c3ccncc3)nc3ccccc23)CC1. The predicted molar refractivity (Wildman–Crippen MR) is 130 cm³/mol. The minimum Gasteiger partial charge on any atom is -0.352 e. The Bertz CT molecular complexity index is 1300. The van der Waals surface area contributed by atoms with E-state index in [1.807, 2.05) is 59.5 Å². The highest BCUT2D eigenvalue weighted by molar-refractivity contribution is 6.07. The molecular weight excluding hydrogens is 426 g/mol. The van der Waals surface area contributed by atoms with Crippen LogP contribution in [0.2, 0.25) is 0 Å². The molecule has 4 aromatic rings. The number of carbonyl (C=O) groups excluding carboxylic acids is 2. The van der Waals surface area contributed by atoms with Crippen molar-refractivity contribution < 1.29 is 9.59 Å². The summed E-state index contributed by atoms with van der Waals surface area (Å²) in [5.41, 5.74) is 4.05. The highest BCUT2D eigenvalue weighted by Gasteiger charge is 2.28. The van der Waals surface area contributed by atoms with Gasteiger partial charge >= 0.3 is 0 Å². The lowest BCUT2D eigenvalue weighted by atomic mass is 9.94. The van der Waals surface area contributed by atoms with Crippen LogP contribution in [0.25, 0.3) is 22.2 Å². The van der Waals surface area contributed by atoms with E-state index in [4.69, 9.17) is 4.98 Å². The Kier molecular flexibility index (Phi) is 6.25. The summed E-state index contributed by atoms with van der Waals surface area (Å²) in [7, 11) is 0. The number of aromatic nitrogens is 3. The maximum atomic E-state index is 13.6. The van der Waals surface area contributed by atoms with Gasteiger partial charge in [-0.25, -0.2) is 4.98 Å². The predicted octanol–water partition coefficient (Wildman–Crippen LogP) is 3.86. The van der Waals surface area contributed by atoms with Gasteiger partial charge in [0.25, 0.3) is 5.91 Å².